The van der Waals surface area contributed by atoms with E-state index in [2.05, 4.69) is 41.5 Å². The summed E-state index contributed by atoms with van der Waals surface area (Å²) in [4.78, 5) is 37.6. The lowest BCUT2D eigenvalue weighted by Crippen LogP contribution is -2.45. The number of hydrogen-bond acceptors (Lipinski definition) is 7. The molecule has 1 N–H and O–H groups in total. The molecule has 0 aromatic heterocycles. The van der Waals surface area contributed by atoms with Crippen LogP contribution in [0.3, 0.4) is 0 Å². The van der Waals surface area contributed by atoms with E-state index >= 15 is 0 Å². The predicted octanol–water partition coefficient (Wildman–Crippen LogP) is 6.78. The number of hydrogen-bond donors (Lipinski definition) is 1. The number of ether oxygens (including phenoxy) is 3. The van der Waals surface area contributed by atoms with Crippen molar-refractivity contribution in [3.05, 3.63) is 0 Å². The van der Waals surface area contributed by atoms with E-state index < -0.39 is 36.4 Å². The number of unbranched alkanes of at least 4 members (excludes halogenated alkanes) is 6. The molecule has 37 heavy (non-hydrogen) atoms. The number of rotatable bonds is 23. The molecule has 0 unspecified atom stereocenters. The van der Waals surface area contributed by atoms with Crippen LogP contribution < -0.4 is 0 Å². The number of carbonyl (C=O) groups is 3. The molecule has 0 saturated heterocycles. The van der Waals surface area contributed by atoms with Crippen LogP contribution in [-0.2, 0) is 28.6 Å². The lowest BCUT2D eigenvalue weighted by molar-refractivity contribution is -0.178. The molecule has 7 heteroatoms. The zero-order valence-electron chi connectivity index (χ0n) is 24.6. The van der Waals surface area contributed by atoms with Crippen LogP contribution in [-0.4, -0.2) is 48.4 Å². The number of carbonyl (C=O) groups excluding carboxylic acids is 3. The molecule has 0 amide bonds. The molecule has 0 saturated carbocycles. The molecule has 218 valence electrons. The average molecular weight is 529 g/mol. The number of aliphatic hydroxyl groups is 1. The maximum Gasteiger partial charge on any atom is 0.339 e. The quantitative estimate of drug-likeness (QED) is 0.0886. The van der Waals surface area contributed by atoms with Gasteiger partial charge in [0.05, 0.1) is 32.7 Å². The Bertz CT molecular complexity index is 579. The van der Waals surface area contributed by atoms with Crippen molar-refractivity contribution in [1.82, 2.24) is 0 Å². The zero-order valence-corrected chi connectivity index (χ0v) is 24.6. The van der Waals surface area contributed by atoms with Gasteiger partial charge < -0.3 is 19.3 Å². The minimum Gasteiger partial charge on any atom is -0.466 e. The maximum absolute atomic E-state index is 12.7. The second-order valence-electron chi connectivity index (χ2n) is 11.7. The van der Waals surface area contributed by atoms with Crippen molar-refractivity contribution >= 4 is 17.9 Å². The SMILES string of the molecule is CC(C)CCCCCOC(=O)CC(O)(CC(=O)OCCCCCC(C)C)C(=O)OCCCCCC(C)C. The Hall–Kier alpha value is -1.63. The molecule has 7 nitrogen and oxygen atoms in total. The van der Waals surface area contributed by atoms with Gasteiger partial charge in [0.25, 0.3) is 0 Å². The van der Waals surface area contributed by atoms with Crippen LogP contribution in [0.1, 0.15) is 131 Å². The van der Waals surface area contributed by atoms with E-state index in [1.807, 2.05) is 0 Å². The summed E-state index contributed by atoms with van der Waals surface area (Å²) in [5.41, 5.74) is -2.29. The van der Waals surface area contributed by atoms with Crippen molar-refractivity contribution < 1.29 is 33.7 Å². The van der Waals surface area contributed by atoms with Crippen LogP contribution in [0.5, 0.6) is 0 Å². The molecule has 0 bridgehead atoms. The molecule has 0 heterocycles. The molecule has 0 aromatic carbocycles. The van der Waals surface area contributed by atoms with Crippen LogP contribution >= 0.6 is 0 Å². The lowest BCUT2D eigenvalue weighted by atomic mass is 9.95. The Labute approximate surface area is 226 Å². The average Bonchev–Trinajstić information content (AvgIpc) is 2.79. The van der Waals surface area contributed by atoms with Gasteiger partial charge in [0.15, 0.2) is 5.60 Å². The highest BCUT2D eigenvalue weighted by molar-refractivity contribution is 5.90. The first kappa shape index (κ1) is 35.4. The summed E-state index contributed by atoms with van der Waals surface area (Å²) in [6.45, 7) is 13.6. The van der Waals surface area contributed by atoms with E-state index in [0.717, 1.165) is 70.6 Å². The summed E-state index contributed by atoms with van der Waals surface area (Å²) in [6.07, 6.45) is 10.1. The van der Waals surface area contributed by atoms with E-state index in [-0.39, 0.29) is 19.8 Å². The van der Waals surface area contributed by atoms with Crippen LogP contribution in [0.25, 0.3) is 0 Å². The van der Waals surface area contributed by atoms with Gasteiger partial charge in [-0.05, 0) is 37.0 Å². The molecule has 0 aliphatic heterocycles. The largest absolute Gasteiger partial charge is 0.466 e. The van der Waals surface area contributed by atoms with Gasteiger partial charge in [0.1, 0.15) is 0 Å². The van der Waals surface area contributed by atoms with Crippen LogP contribution in [0.2, 0.25) is 0 Å². The van der Waals surface area contributed by atoms with Crippen molar-refractivity contribution in [3.8, 4) is 0 Å². The van der Waals surface area contributed by atoms with Gasteiger partial charge in [0, 0.05) is 0 Å². The predicted molar refractivity (Wildman–Crippen MR) is 147 cm³/mol. The Balaban J connectivity index is 4.72. The van der Waals surface area contributed by atoms with E-state index in [4.69, 9.17) is 14.2 Å². The first-order chi connectivity index (χ1) is 17.5. The first-order valence-corrected chi connectivity index (χ1v) is 14.7. The molecule has 0 rings (SSSR count). The summed E-state index contributed by atoms with van der Waals surface area (Å²) in [5.74, 6) is -0.519. The van der Waals surface area contributed by atoms with E-state index in [0.29, 0.717) is 24.2 Å². The zero-order chi connectivity index (χ0) is 28.1. The highest BCUT2D eigenvalue weighted by Crippen LogP contribution is 2.21. The fraction of sp³-hybridized carbons (Fsp3) is 0.900. The van der Waals surface area contributed by atoms with Crippen molar-refractivity contribution in [2.45, 2.75) is 137 Å². The van der Waals surface area contributed by atoms with Gasteiger partial charge >= 0.3 is 17.9 Å². The van der Waals surface area contributed by atoms with Gasteiger partial charge in [0.2, 0.25) is 0 Å². The highest BCUT2D eigenvalue weighted by Gasteiger charge is 2.43. The smallest absolute Gasteiger partial charge is 0.339 e. The monoisotopic (exact) mass is 528 g/mol. The van der Waals surface area contributed by atoms with Gasteiger partial charge in [-0.25, -0.2) is 4.79 Å². The summed E-state index contributed by atoms with van der Waals surface area (Å²) in [5, 5.41) is 11.0. The van der Waals surface area contributed by atoms with Crippen LogP contribution in [0.4, 0.5) is 0 Å². The summed E-state index contributed by atoms with van der Waals surface area (Å²) in [7, 11) is 0. The fourth-order valence-corrected chi connectivity index (χ4v) is 3.95. The maximum atomic E-state index is 12.7. The second-order valence-corrected chi connectivity index (χ2v) is 11.7. The lowest BCUT2D eigenvalue weighted by Gasteiger charge is -2.24. The molecule has 0 fully saturated rings. The molecule has 0 radical (unpaired) electrons. The fourth-order valence-electron chi connectivity index (χ4n) is 3.95. The van der Waals surface area contributed by atoms with Crippen molar-refractivity contribution in [3.63, 3.8) is 0 Å². The Kier molecular flexibility index (Phi) is 20.4. The molecule has 0 aliphatic rings. The van der Waals surface area contributed by atoms with Crippen molar-refractivity contribution in [2.75, 3.05) is 19.8 Å². The number of esters is 3. The van der Waals surface area contributed by atoms with Gasteiger partial charge in [-0.15, -0.1) is 0 Å². The third kappa shape index (κ3) is 21.0. The van der Waals surface area contributed by atoms with E-state index in [9.17, 15) is 19.5 Å². The van der Waals surface area contributed by atoms with E-state index in [1.54, 1.807) is 0 Å². The normalized spacial score (nSPS) is 11.8. The van der Waals surface area contributed by atoms with Gasteiger partial charge in [-0.3, -0.25) is 9.59 Å². The van der Waals surface area contributed by atoms with Crippen molar-refractivity contribution in [2.24, 2.45) is 17.8 Å². The third-order valence-electron chi connectivity index (χ3n) is 6.29. The Morgan fingerprint density at radius 2 is 0.865 bits per heavy atom. The summed E-state index contributed by atoms with van der Waals surface area (Å²) < 4.78 is 15.8. The van der Waals surface area contributed by atoms with E-state index in [1.165, 1.54) is 0 Å². The van der Waals surface area contributed by atoms with Crippen LogP contribution in [0.15, 0.2) is 0 Å². The standard InChI is InChI=1S/C30H56O7/c1-24(2)16-10-7-13-19-35-27(31)22-30(34,29(33)37-21-15-9-12-18-26(5)6)23-28(32)36-20-14-8-11-17-25(3)4/h24-26,34H,7-23H2,1-6H3. The molecular formula is C30H56O7. The van der Waals surface area contributed by atoms with Crippen LogP contribution in [0, 0.1) is 17.8 Å². The van der Waals surface area contributed by atoms with Gasteiger partial charge in [-0.2, -0.15) is 0 Å². The third-order valence-corrected chi connectivity index (χ3v) is 6.29. The minimum atomic E-state index is -2.29. The molecule has 0 spiro atoms. The molecule has 0 aromatic rings. The molecule has 0 aliphatic carbocycles. The summed E-state index contributed by atoms with van der Waals surface area (Å²) in [6, 6.07) is 0. The first-order valence-electron chi connectivity index (χ1n) is 14.7. The molecule has 0 atom stereocenters. The van der Waals surface area contributed by atoms with Crippen molar-refractivity contribution in [1.29, 1.82) is 0 Å². The Morgan fingerprint density at radius 3 is 1.19 bits per heavy atom. The molecular weight excluding hydrogens is 472 g/mol. The Morgan fingerprint density at radius 1 is 0.541 bits per heavy atom. The highest BCUT2D eigenvalue weighted by atomic mass is 16.6. The second kappa shape index (κ2) is 21.3. The van der Waals surface area contributed by atoms with Gasteiger partial charge in [-0.1, -0.05) is 99.3 Å². The summed E-state index contributed by atoms with van der Waals surface area (Å²) >= 11 is 0. The topological polar surface area (TPSA) is 99.1 Å². The minimum absolute atomic E-state index is 0.134.